The molecule has 0 aliphatic rings. The number of alkyl halides is 3. The minimum atomic E-state index is -3.42. The van der Waals surface area contributed by atoms with E-state index in [-0.39, 0.29) is 0 Å². The standard InChI is InChI=1S/C10H9ClF2N2S/c11-10(12,13)9(15-14)7-3-1-2-6-4-5-16-8(6)7/h1-5,9,15H,14H2. The van der Waals surface area contributed by atoms with Gasteiger partial charge in [0.05, 0.1) is 0 Å². The molecular weight excluding hydrogens is 254 g/mol. The lowest BCUT2D eigenvalue weighted by Crippen LogP contribution is -2.37. The van der Waals surface area contributed by atoms with Crippen LogP contribution in [-0.2, 0) is 0 Å². The van der Waals surface area contributed by atoms with Crippen molar-refractivity contribution >= 4 is 33.0 Å². The summed E-state index contributed by atoms with van der Waals surface area (Å²) < 4.78 is 27.0. The van der Waals surface area contributed by atoms with Crippen LogP contribution in [0.15, 0.2) is 29.6 Å². The summed E-state index contributed by atoms with van der Waals surface area (Å²) in [5, 5.41) is -0.676. The zero-order valence-electron chi connectivity index (χ0n) is 8.08. The number of fused-ring (bicyclic) bond motifs is 1. The summed E-state index contributed by atoms with van der Waals surface area (Å²) in [7, 11) is 0. The fraction of sp³-hybridized carbons (Fsp3) is 0.200. The Hall–Kier alpha value is -0.750. The normalized spacial score (nSPS) is 14.2. The van der Waals surface area contributed by atoms with Crippen LogP contribution in [0.1, 0.15) is 11.6 Å². The Morgan fingerprint density at radius 3 is 2.75 bits per heavy atom. The lowest BCUT2D eigenvalue weighted by molar-refractivity contribution is 0.0504. The first-order chi connectivity index (χ1) is 7.54. The minimum Gasteiger partial charge on any atom is -0.271 e. The molecule has 1 aromatic carbocycles. The number of halogens is 3. The molecule has 16 heavy (non-hydrogen) atoms. The van der Waals surface area contributed by atoms with Crippen molar-refractivity contribution < 1.29 is 8.78 Å². The number of thiophene rings is 1. The molecule has 0 spiro atoms. The van der Waals surface area contributed by atoms with Gasteiger partial charge in [-0.15, -0.1) is 11.3 Å². The Balaban J connectivity index is 2.57. The van der Waals surface area contributed by atoms with Gasteiger partial charge in [0.15, 0.2) is 0 Å². The van der Waals surface area contributed by atoms with Crippen LogP contribution in [0, 0.1) is 0 Å². The molecule has 0 bridgehead atoms. The van der Waals surface area contributed by atoms with E-state index in [1.165, 1.54) is 11.3 Å². The molecule has 0 saturated carbocycles. The SMILES string of the molecule is NNC(c1cccc2ccsc12)C(F)(F)Cl. The lowest BCUT2D eigenvalue weighted by Gasteiger charge is -2.21. The van der Waals surface area contributed by atoms with Gasteiger partial charge in [0, 0.05) is 4.70 Å². The minimum absolute atomic E-state index is 0.412. The molecule has 0 aliphatic heterocycles. The van der Waals surface area contributed by atoms with Crippen molar-refractivity contribution in [2.24, 2.45) is 5.84 Å². The van der Waals surface area contributed by atoms with Crippen molar-refractivity contribution in [2.45, 2.75) is 11.4 Å². The fourth-order valence-electron chi connectivity index (χ4n) is 1.60. The third-order valence-electron chi connectivity index (χ3n) is 2.31. The Labute approximate surface area is 100.0 Å². The summed E-state index contributed by atoms with van der Waals surface area (Å²) in [5.74, 6) is 5.14. The van der Waals surface area contributed by atoms with Crippen LogP contribution in [0.5, 0.6) is 0 Å². The van der Waals surface area contributed by atoms with Crippen molar-refractivity contribution in [2.75, 3.05) is 0 Å². The first-order valence-electron chi connectivity index (χ1n) is 4.53. The first-order valence-corrected chi connectivity index (χ1v) is 5.79. The molecule has 86 valence electrons. The van der Waals surface area contributed by atoms with Gasteiger partial charge in [0.25, 0.3) is 0 Å². The van der Waals surface area contributed by atoms with Crippen LogP contribution in [0.25, 0.3) is 10.1 Å². The van der Waals surface area contributed by atoms with Crippen molar-refractivity contribution in [3.05, 3.63) is 35.2 Å². The second-order valence-electron chi connectivity index (χ2n) is 3.33. The highest BCUT2D eigenvalue weighted by Gasteiger charge is 2.38. The van der Waals surface area contributed by atoms with Crippen molar-refractivity contribution in [3.63, 3.8) is 0 Å². The van der Waals surface area contributed by atoms with Gasteiger partial charge in [-0.3, -0.25) is 5.84 Å². The van der Waals surface area contributed by atoms with Crippen LogP contribution >= 0.6 is 22.9 Å². The highest BCUT2D eigenvalue weighted by molar-refractivity contribution is 7.17. The van der Waals surface area contributed by atoms with E-state index in [0.717, 1.165) is 10.1 Å². The summed E-state index contributed by atoms with van der Waals surface area (Å²) in [6, 6.07) is 5.63. The van der Waals surface area contributed by atoms with E-state index < -0.39 is 11.4 Å². The third-order valence-corrected chi connectivity index (χ3v) is 3.51. The van der Waals surface area contributed by atoms with E-state index in [4.69, 9.17) is 17.4 Å². The van der Waals surface area contributed by atoms with E-state index >= 15 is 0 Å². The molecule has 3 N–H and O–H groups in total. The smallest absolute Gasteiger partial charge is 0.271 e. The Morgan fingerprint density at radius 1 is 1.38 bits per heavy atom. The predicted molar refractivity (Wildman–Crippen MR) is 62.7 cm³/mol. The van der Waals surface area contributed by atoms with E-state index in [1.807, 2.05) is 17.5 Å². The van der Waals surface area contributed by atoms with Crippen LogP contribution in [0.2, 0.25) is 0 Å². The fourth-order valence-corrected chi connectivity index (χ4v) is 2.73. The second kappa shape index (κ2) is 4.25. The van der Waals surface area contributed by atoms with Gasteiger partial charge in [-0.1, -0.05) is 18.2 Å². The van der Waals surface area contributed by atoms with Gasteiger partial charge < -0.3 is 0 Å². The summed E-state index contributed by atoms with van der Waals surface area (Å²) in [4.78, 5) is 0. The average molecular weight is 263 g/mol. The molecule has 1 atom stereocenters. The molecule has 1 heterocycles. The monoisotopic (exact) mass is 262 g/mol. The van der Waals surface area contributed by atoms with E-state index in [1.54, 1.807) is 12.1 Å². The topological polar surface area (TPSA) is 38.0 Å². The van der Waals surface area contributed by atoms with Crippen LogP contribution < -0.4 is 11.3 Å². The summed E-state index contributed by atoms with van der Waals surface area (Å²) in [6.45, 7) is 0. The maximum absolute atomic E-state index is 13.1. The number of hydrogen-bond donors (Lipinski definition) is 2. The third kappa shape index (κ3) is 2.04. The lowest BCUT2D eigenvalue weighted by atomic mass is 10.1. The number of hydrazine groups is 1. The van der Waals surface area contributed by atoms with Crippen LogP contribution in [-0.4, -0.2) is 5.38 Å². The van der Waals surface area contributed by atoms with Gasteiger partial charge in [0.1, 0.15) is 6.04 Å². The van der Waals surface area contributed by atoms with Gasteiger partial charge in [0.2, 0.25) is 0 Å². The highest BCUT2D eigenvalue weighted by Crippen LogP contribution is 2.38. The number of hydrogen-bond acceptors (Lipinski definition) is 3. The Bertz CT molecular complexity index is 495. The number of rotatable bonds is 3. The number of nitrogens with two attached hydrogens (primary N) is 1. The molecule has 0 fully saturated rings. The first kappa shape index (κ1) is 11.7. The van der Waals surface area contributed by atoms with Crippen LogP contribution in [0.4, 0.5) is 8.78 Å². The highest BCUT2D eigenvalue weighted by atomic mass is 35.5. The molecule has 1 aromatic heterocycles. The summed E-state index contributed by atoms with van der Waals surface area (Å²) >= 11 is 6.42. The van der Waals surface area contributed by atoms with E-state index in [9.17, 15) is 8.78 Å². The summed E-state index contributed by atoms with van der Waals surface area (Å²) in [5.41, 5.74) is 2.48. The average Bonchev–Trinajstić information content (AvgIpc) is 2.65. The van der Waals surface area contributed by atoms with Gasteiger partial charge >= 0.3 is 5.38 Å². The zero-order valence-corrected chi connectivity index (χ0v) is 9.66. The predicted octanol–water partition coefficient (Wildman–Crippen LogP) is 3.24. The van der Waals surface area contributed by atoms with Crippen molar-refractivity contribution in [1.82, 2.24) is 5.43 Å². The molecule has 2 aromatic rings. The van der Waals surface area contributed by atoms with Gasteiger partial charge in [-0.05, 0) is 34.0 Å². The molecular formula is C10H9ClF2N2S. The van der Waals surface area contributed by atoms with Crippen LogP contribution in [0.3, 0.4) is 0 Å². The molecule has 2 nitrogen and oxygen atoms in total. The van der Waals surface area contributed by atoms with E-state index in [2.05, 4.69) is 5.43 Å². The second-order valence-corrected chi connectivity index (χ2v) is 4.75. The molecule has 0 aliphatic carbocycles. The number of nitrogens with one attached hydrogen (secondary N) is 1. The summed E-state index contributed by atoms with van der Waals surface area (Å²) in [6.07, 6.45) is 0. The van der Waals surface area contributed by atoms with Crippen molar-refractivity contribution in [1.29, 1.82) is 0 Å². The molecule has 2 rings (SSSR count). The molecule has 6 heteroatoms. The molecule has 0 amide bonds. The van der Waals surface area contributed by atoms with E-state index in [0.29, 0.717) is 5.56 Å². The largest absolute Gasteiger partial charge is 0.342 e. The number of benzene rings is 1. The quantitative estimate of drug-likeness (QED) is 0.506. The van der Waals surface area contributed by atoms with Gasteiger partial charge in [-0.25, -0.2) is 5.43 Å². The zero-order chi connectivity index (χ0) is 11.8. The van der Waals surface area contributed by atoms with Gasteiger partial charge in [-0.2, -0.15) is 8.78 Å². The molecule has 0 radical (unpaired) electrons. The Kier molecular flexibility index (Phi) is 3.12. The molecule has 1 unspecified atom stereocenters. The maximum Gasteiger partial charge on any atom is 0.342 e. The molecule has 0 saturated heterocycles. The maximum atomic E-state index is 13.1. The Morgan fingerprint density at radius 2 is 2.12 bits per heavy atom. The van der Waals surface area contributed by atoms with Crippen molar-refractivity contribution in [3.8, 4) is 0 Å².